The van der Waals surface area contributed by atoms with Gasteiger partial charge in [-0.15, -0.1) is 10.2 Å². The normalized spacial score (nSPS) is 23.5. The van der Waals surface area contributed by atoms with E-state index in [9.17, 15) is 0 Å². The second-order valence-electron chi connectivity index (χ2n) is 10.3. The van der Waals surface area contributed by atoms with E-state index in [1.807, 2.05) is 29.7 Å². The van der Waals surface area contributed by atoms with E-state index in [2.05, 4.69) is 21.5 Å². The highest BCUT2D eigenvalue weighted by Gasteiger charge is 2.29. The smallest absolute Gasteiger partial charge is 0.191 e. The van der Waals surface area contributed by atoms with Gasteiger partial charge in [0.25, 0.3) is 0 Å². The highest BCUT2D eigenvalue weighted by Crippen LogP contribution is 2.34. The van der Waals surface area contributed by atoms with E-state index in [0.717, 1.165) is 63.1 Å². The third kappa shape index (κ3) is 5.65. The molecule has 0 radical (unpaired) electrons. The molecular formula is C25H40N6OS. The lowest BCUT2D eigenvalue weighted by Gasteiger charge is -2.31. The summed E-state index contributed by atoms with van der Waals surface area (Å²) >= 11 is 1.94. The van der Waals surface area contributed by atoms with Crippen molar-refractivity contribution in [1.82, 2.24) is 29.4 Å². The van der Waals surface area contributed by atoms with Gasteiger partial charge in [0.1, 0.15) is 5.82 Å². The number of aryl methyl sites for hydroxylation is 1. The summed E-state index contributed by atoms with van der Waals surface area (Å²) in [6.07, 6.45) is 14.0. The molecule has 182 valence electrons. The SMILES string of the molecule is Cc1c(CN2CCC(c3nnc(SCC4CCCCC4)n3CC3CCCO3)CC2)cnn1C. The van der Waals surface area contributed by atoms with Crippen LogP contribution in [0.4, 0.5) is 0 Å². The number of hydrogen-bond acceptors (Lipinski definition) is 6. The molecule has 4 heterocycles. The predicted octanol–water partition coefficient (Wildman–Crippen LogP) is 4.55. The summed E-state index contributed by atoms with van der Waals surface area (Å²) in [7, 11) is 2.02. The molecule has 8 heteroatoms. The number of ether oxygens (including phenoxy) is 1. The summed E-state index contributed by atoms with van der Waals surface area (Å²) in [5, 5.41) is 15.0. The van der Waals surface area contributed by atoms with Gasteiger partial charge in [-0.2, -0.15) is 5.10 Å². The highest BCUT2D eigenvalue weighted by atomic mass is 32.2. The fraction of sp³-hybridized carbons (Fsp3) is 0.800. The van der Waals surface area contributed by atoms with E-state index in [1.165, 1.54) is 61.4 Å². The summed E-state index contributed by atoms with van der Waals surface area (Å²) in [6.45, 7) is 7.20. The van der Waals surface area contributed by atoms with Gasteiger partial charge >= 0.3 is 0 Å². The largest absolute Gasteiger partial charge is 0.376 e. The van der Waals surface area contributed by atoms with Gasteiger partial charge in [-0.3, -0.25) is 9.58 Å². The molecule has 0 bridgehead atoms. The minimum absolute atomic E-state index is 0.322. The van der Waals surface area contributed by atoms with Crippen molar-refractivity contribution in [2.45, 2.75) is 95.0 Å². The van der Waals surface area contributed by atoms with Crippen LogP contribution in [-0.4, -0.2) is 61.0 Å². The van der Waals surface area contributed by atoms with Crippen molar-refractivity contribution < 1.29 is 4.74 Å². The number of hydrogen-bond donors (Lipinski definition) is 0. The molecule has 2 aromatic rings. The fourth-order valence-corrected chi connectivity index (χ4v) is 6.85. The Kier molecular flexibility index (Phi) is 7.73. The topological polar surface area (TPSA) is 61.0 Å². The van der Waals surface area contributed by atoms with Crippen LogP contribution in [0.1, 0.15) is 80.8 Å². The van der Waals surface area contributed by atoms with Crippen molar-refractivity contribution >= 4 is 11.8 Å². The molecular weight excluding hydrogens is 432 g/mol. The number of thioether (sulfide) groups is 1. The monoisotopic (exact) mass is 472 g/mol. The van der Waals surface area contributed by atoms with Crippen LogP contribution in [0.5, 0.6) is 0 Å². The predicted molar refractivity (Wildman–Crippen MR) is 131 cm³/mol. The van der Waals surface area contributed by atoms with Crippen LogP contribution in [0, 0.1) is 12.8 Å². The number of rotatable bonds is 8. The molecule has 1 aliphatic carbocycles. The number of aromatic nitrogens is 5. The molecule has 2 aliphatic heterocycles. The third-order valence-corrected chi connectivity index (χ3v) is 9.21. The fourth-order valence-electron chi connectivity index (χ4n) is 5.71. The molecule has 2 aromatic heterocycles. The van der Waals surface area contributed by atoms with Crippen LogP contribution >= 0.6 is 11.8 Å². The van der Waals surface area contributed by atoms with Gasteiger partial charge in [-0.25, -0.2) is 0 Å². The average Bonchev–Trinajstić information content (AvgIpc) is 3.58. The van der Waals surface area contributed by atoms with E-state index in [-0.39, 0.29) is 0 Å². The molecule has 33 heavy (non-hydrogen) atoms. The Bertz CT molecular complexity index is 891. The van der Waals surface area contributed by atoms with E-state index >= 15 is 0 Å². The molecule has 2 saturated heterocycles. The number of nitrogens with zero attached hydrogens (tertiary/aromatic N) is 6. The number of likely N-dealkylation sites (tertiary alicyclic amines) is 1. The zero-order valence-corrected chi connectivity index (χ0v) is 21.2. The summed E-state index contributed by atoms with van der Waals surface area (Å²) < 4.78 is 10.4. The second-order valence-corrected chi connectivity index (χ2v) is 11.3. The van der Waals surface area contributed by atoms with Gasteiger partial charge in [0.2, 0.25) is 0 Å². The Hall–Kier alpha value is -1.38. The van der Waals surface area contributed by atoms with E-state index < -0.39 is 0 Å². The molecule has 1 atom stereocenters. The van der Waals surface area contributed by atoms with Crippen molar-refractivity contribution in [3.63, 3.8) is 0 Å². The molecule has 0 amide bonds. The minimum Gasteiger partial charge on any atom is -0.376 e. The first-order valence-corrected chi connectivity index (χ1v) is 14.0. The average molecular weight is 473 g/mol. The summed E-state index contributed by atoms with van der Waals surface area (Å²) in [5.41, 5.74) is 2.62. The number of piperidine rings is 1. The van der Waals surface area contributed by atoms with E-state index in [4.69, 9.17) is 14.9 Å². The molecule has 1 unspecified atom stereocenters. The van der Waals surface area contributed by atoms with Gasteiger partial charge in [-0.05, 0) is 64.5 Å². The van der Waals surface area contributed by atoms with Crippen LogP contribution in [-0.2, 0) is 24.9 Å². The lowest BCUT2D eigenvalue weighted by Crippen LogP contribution is -2.33. The first-order chi connectivity index (χ1) is 16.2. The van der Waals surface area contributed by atoms with E-state index in [1.54, 1.807) is 0 Å². The lowest BCUT2D eigenvalue weighted by molar-refractivity contribution is 0.0931. The van der Waals surface area contributed by atoms with Gasteiger partial charge in [0, 0.05) is 43.1 Å². The molecule has 1 saturated carbocycles. The molecule has 3 aliphatic rings. The quantitative estimate of drug-likeness (QED) is 0.525. The Morgan fingerprint density at radius 1 is 1.03 bits per heavy atom. The lowest BCUT2D eigenvalue weighted by atomic mass is 9.91. The van der Waals surface area contributed by atoms with Crippen molar-refractivity contribution in [1.29, 1.82) is 0 Å². The van der Waals surface area contributed by atoms with Gasteiger partial charge < -0.3 is 9.30 Å². The van der Waals surface area contributed by atoms with Crippen molar-refractivity contribution in [2.24, 2.45) is 13.0 Å². The Morgan fingerprint density at radius 2 is 1.85 bits per heavy atom. The van der Waals surface area contributed by atoms with Gasteiger partial charge in [0.05, 0.1) is 18.8 Å². The van der Waals surface area contributed by atoms with Gasteiger partial charge in [-0.1, -0.05) is 31.0 Å². The van der Waals surface area contributed by atoms with Crippen LogP contribution in [0.25, 0.3) is 0 Å². The van der Waals surface area contributed by atoms with Crippen molar-refractivity contribution in [3.8, 4) is 0 Å². The maximum absolute atomic E-state index is 6.01. The van der Waals surface area contributed by atoms with Gasteiger partial charge in [0.15, 0.2) is 5.16 Å². The van der Waals surface area contributed by atoms with E-state index in [0.29, 0.717) is 12.0 Å². The van der Waals surface area contributed by atoms with Crippen molar-refractivity contribution in [2.75, 3.05) is 25.4 Å². The Balaban J connectivity index is 1.23. The zero-order chi connectivity index (χ0) is 22.6. The van der Waals surface area contributed by atoms with Crippen LogP contribution in [0.15, 0.2) is 11.4 Å². The first-order valence-electron chi connectivity index (χ1n) is 13.0. The Morgan fingerprint density at radius 3 is 2.55 bits per heavy atom. The summed E-state index contributed by atoms with van der Waals surface area (Å²) in [5.74, 6) is 3.73. The first kappa shape index (κ1) is 23.4. The standard InChI is InChI=1S/C25H40N6OS/c1-19-22(15-26-29(19)2)16-30-12-10-21(11-13-30)24-27-28-25(31(24)17-23-9-6-14-32-23)33-18-20-7-4-3-5-8-20/h15,20-21,23H,3-14,16-18H2,1-2H3. The second kappa shape index (κ2) is 10.9. The molecule has 5 rings (SSSR count). The molecule has 7 nitrogen and oxygen atoms in total. The maximum atomic E-state index is 6.01. The molecule has 0 N–H and O–H groups in total. The molecule has 0 aromatic carbocycles. The minimum atomic E-state index is 0.322. The van der Waals surface area contributed by atoms with Crippen LogP contribution < -0.4 is 0 Å². The zero-order valence-electron chi connectivity index (χ0n) is 20.4. The van der Waals surface area contributed by atoms with Crippen molar-refractivity contribution in [3.05, 3.63) is 23.3 Å². The Labute approximate surface area is 202 Å². The summed E-state index contributed by atoms with van der Waals surface area (Å²) in [6, 6.07) is 0. The van der Waals surface area contributed by atoms with Crippen LogP contribution in [0.2, 0.25) is 0 Å². The molecule has 3 fully saturated rings. The molecule has 0 spiro atoms. The third-order valence-electron chi connectivity index (χ3n) is 8.01. The summed E-state index contributed by atoms with van der Waals surface area (Å²) in [4.78, 5) is 2.57. The van der Waals surface area contributed by atoms with Crippen LogP contribution in [0.3, 0.4) is 0 Å². The highest BCUT2D eigenvalue weighted by molar-refractivity contribution is 7.99. The maximum Gasteiger partial charge on any atom is 0.191 e.